The average Bonchev–Trinajstić information content (AvgIpc) is 3.24. The van der Waals surface area contributed by atoms with Gasteiger partial charge in [0.25, 0.3) is 0 Å². The summed E-state index contributed by atoms with van der Waals surface area (Å²) in [6.07, 6.45) is 29.7. The summed E-state index contributed by atoms with van der Waals surface area (Å²) in [7, 11) is -5.14. The van der Waals surface area contributed by atoms with Crippen molar-refractivity contribution in [2.24, 2.45) is 0 Å². The maximum Gasteiger partial charge on any atom is 0.472 e. The molecule has 1 aliphatic rings. The van der Waals surface area contributed by atoms with E-state index in [4.69, 9.17) is 18.5 Å². The second kappa shape index (κ2) is 37.4. The number of carbonyl (C=O) groups excluding carboxylic acids is 2. The van der Waals surface area contributed by atoms with Crippen molar-refractivity contribution in [1.29, 1.82) is 0 Å². The van der Waals surface area contributed by atoms with Crippen LogP contribution in [0.25, 0.3) is 0 Å². The van der Waals surface area contributed by atoms with Crippen LogP contribution in [0.4, 0.5) is 0 Å². The Morgan fingerprint density at radius 2 is 0.951 bits per heavy atom. The standard InChI is InChI=1S/C47H85O13P/c1-3-5-7-9-11-13-15-17-19-20-22-24-26-28-30-32-34-36-41(49)59-39(38-58-61(55,56)60-47-45(53)43(51)42(50)44(52)46(47)54)37-57-40(48)35-33-31-29-27-25-23-21-18-16-14-12-10-8-6-4-2/h17,19,29,31,33,35,39,42-47,50-54H,3-16,18,20-28,30,32,34,36-38H2,1-2H3,(H,55,56)/b19-17+,31-29+,35-33+/t39-,42?,43+,44?,45?,46?,47?/m1/s1. The van der Waals surface area contributed by atoms with Crippen LogP contribution < -0.4 is 0 Å². The van der Waals surface area contributed by atoms with Crippen molar-refractivity contribution >= 4 is 19.8 Å². The van der Waals surface area contributed by atoms with Gasteiger partial charge in [0.2, 0.25) is 0 Å². The van der Waals surface area contributed by atoms with E-state index in [1.807, 2.05) is 6.08 Å². The molecule has 0 amide bonds. The monoisotopic (exact) mass is 889 g/mol. The predicted octanol–water partition coefficient (Wildman–Crippen LogP) is 9.39. The van der Waals surface area contributed by atoms with E-state index in [-0.39, 0.29) is 6.42 Å². The van der Waals surface area contributed by atoms with Gasteiger partial charge in [-0.15, -0.1) is 0 Å². The van der Waals surface area contributed by atoms with Crippen LogP contribution >= 0.6 is 7.82 Å². The first-order valence-electron chi connectivity index (χ1n) is 23.8. The van der Waals surface area contributed by atoms with Crippen LogP contribution in [-0.2, 0) is 32.7 Å². The number of hydrogen-bond donors (Lipinski definition) is 6. The lowest BCUT2D eigenvalue weighted by Crippen LogP contribution is -2.64. The topological polar surface area (TPSA) is 210 Å². The summed E-state index contributed by atoms with van der Waals surface area (Å²) >= 11 is 0. The fourth-order valence-electron chi connectivity index (χ4n) is 7.20. The van der Waals surface area contributed by atoms with Crippen molar-refractivity contribution in [2.75, 3.05) is 13.2 Å². The maximum atomic E-state index is 12.8. The van der Waals surface area contributed by atoms with Crippen LogP contribution in [0.15, 0.2) is 36.5 Å². The number of allylic oxidation sites excluding steroid dienone is 5. The Labute approximate surface area is 368 Å². The van der Waals surface area contributed by atoms with Gasteiger partial charge in [0.15, 0.2) is 6.10 Å². The number of phosphoric acid groups is 1. The summed E-state index contributed by atoms with van der Waals surface area (Å²) in [5.41, 5.74) is 0. The van der Waals surface area contributed by atoms with Crippen molar-refractivity contribution in [3.8, 4) is 0 Å². The van der Waals surface area contributed by atoms with Crippen LogP contribution in [0.1, 0.15) is 194 Å². The smallest absolute Gasteiger partial charge is 0.458 e. The SMILES string of the molecule is CCCCCCCC/C=C/CCCCCCCCCC(=O)O[C@H](COC(=O)/C=C/C=C/CCCCCCCCCCCCC)COP(=O)(O)OC1C(O)C(O)C(O)[C@H](O)C1O. The molecule has 0 aliphatic heterocycles. The molecule has 0 radical (unpaired) electrons. The van der Waals surface area contributed by atoms with E-state index in [1.54, 1.807) is 12.2 Å². The number of unbranched alkanes of at least 4 members (excludes halogenated alkanes) is 24. The van der Waals surface area contributed by atoms with E-state index in [0.29, 0.717) is 6.42 Å². The van der Waals surface area contributed by atoms with E-state index >= 15 is 0 Å². The molecular weight excluding hydrogens is 803 g/mol. The number of aliphatic hydroxyl groups excluding tert-OH is 5. The fraction of sp³-hybridized carbons (Fsp3) is 0.830. The highest BCUT2D eigenvalue weighted by atomic mass is 31.2. The summed E-state index contributed by atoms with van der Waals surface area (Å²) in [4.78, 5) is 35.6. The van der Waals surface area contributed by atoms with Crippen molar-refractivity contribution < 1.29 is 63.1 Å². The molecule has 0 spiro atoms. The highest BCUT2D eigenvalue weighted by Gasteiger charge is 2.51. The Bertz CT molecular complexity index is 1210. The van der Waals surface area contributed by atoms with E-state index in [0.717, 1.165) is 57.8 Å². The molecule has 14 heteroatoms. The van der Waals surface area contributed by atoms with Crippen LogP contribution in [0.5, 0.6) is 0 Å². The predicted molar refractivity (Wildman–Crippen MR) is 240 cm³/mol. The Balaban J connectivity index is 2.49. The Morgan fingerprint density at radius 1 is 0.541 bits per heavy atom. The Hall–Kier alpha value is -1.93. The number of ether oxygens (including phenoxy) is 2. The molecule has 1 aliphatic carbocycles. The Morgan fingerprint density at radius 3 is 1.43 bits per heavy atom. The van der Waals surface area contributed by atoms with E-state index in [2.05, 4.69) is 26.0 Å². The quantitative estimate of drug-likeness (QED) is 0.00850. The molecule has 0 bridgehead atoms. The lowest BCUT2D eigenvalue weighted by atomic mass is 9.85. The third-order valence-electron chi connectivity index (χ3n) is 11.1. The first-order valence-corrected chi connectivity index (χ1v) is 25.3. The lowest BCUT2D eigenvalue weighted by Gasteiger charge is -2.41. The van der Waals surface area contributed by atoms with Crippen molar-refractivity contribution in [2.45, 2.75) is 236 Å². The van der Waals surface area contributed by atoms with Gasteiger partial charge in [-0.3, -0.25) is 13.8 Å². The number of rotatable bonds is 39. The summed E-state index contributed by atoms with van der Waals surface area (Å²) in [5, 5.41) is 50.1. The van der Waals surface area contributed by atoms with Crippen molar-refractivity contribution in [1.82, 2.24) is 0 Å². The van der Waals surface area contributed by atoms with E-state index in [9.17, 15) is 44.6 Å². The average molecular weight is 889 g/mol. The number of aliphatic hydroxyl groups is 5. The van der Waals surface area contributed by atoms with Gasteiger partial charge in [-0.05, 0) is 44.9 Å². The zero-order valence-electron chi connectivity index (χ0n) is 37.7. The second-order valence-electron chi connectivity index (χ2n) is 16.7. The molecular formula is C47H85O13P. The van der Waals surface area contributed by atoms with Gasteiger partial charge in [-0.1, -0.05) is 173 Å². The molecule has 0 aromatic rings. The summed E-state index contributed by atoms with van der Waals surface area (Å²) in [6.45, 7) is 3.19. The second-order valence-corrected chi connectivity index (χ2v) is 18.1. The normalized spacial score (nSPS) is 22.3. The molecule has 1 fully saturated rings. The molecule has 6 N–H and O–H groups in total. The minimum atomic E-state index is -5.14. The van der Waals surface area contributed by atoms with Crippen molar-refractivity contribution in [3.63, 3.8) is 0 Å². The summed E-state index contributed by atoms with van der Waals surface area (Å²) in [5.74, 6) is -1.35. The number of carbonyl (C=O) groups is 2. The minimum absolute atomic E-state index is 0.0729. The maximum absolute atomic E-state index is 12.8. The van der Waals surface area contributed by atoms with Crippen LogP contribution in [0.3, 0.4) is 0 Å². The highest BCUT2D eigenvalue weighted by Crippen LogP contribution is 2.47. The minimum Gasteiger partial charge on any atom is -0.458 e. The van der Waals surface area contributed by atoms with Gasteiger partial charge in [-0.2, -0.15) is 0 Å². The zero-order valence-corrected chi connectivity index (χ0v) is 38.6. The molecule has 1 rings (SSSR count). The van der Waals surface area contributed by atoms with E-state index in [1.165, 1.54) is 115 Å². The van der Waals surface area contributed by atoms with Gasteiger partial charge in [0.1, 0.15) is 43.2 Å². The van der Waals surface area contributed by atoms with Crippen molar-refractivity contribution in [3.05, 3.63) is 36.5 Å². The third-order valence-corrected chi connectivity index (χ3v) is 12.0. The van der Waals surface area contributed by atoms with Crippen LogP contribution in [0, 0.1) is 0 Å². The number of hydrogen-bond acceptors (Lipinski definition) is 12. The molecule has 356 valence electrons. The fourth-order valence-corrected chi connectivity index (χ4v) is 8.17. The van der Waals surface area contributed by atoms with E-state index < -0.39 is 75.7 Å². The molecule has 0 saturated heterocycles. The van der Waals surface area contributed by atoms with Gasteiger partial charge in [-0.25, -0.2) is 9.36 Å². The van der Waals surface area contributed by atoms with Crippen LogP contribution in [-0.4, -0.2) is 98.3 Å². The third kappa shape index (κ3) is 30.0. The zero-order chi connectivity index (χ0) is 45.0. The van der Waals surface area contributed by atoms with Gasteiger partial charge in [0, 0.05) is 12.5 Å². The molecule has 0 aromatic carbocycles. The first-order chi connectivity index (χ1) is 29.4. The van der Waals surface area contributed by atoms with Gasteiger partial charge >= 0.3 is 19.8 Å². The molecule has 13 nitrogen and oxygen atoms in total. The molecule has 61 heavy (non-hydrogen) atoms. The summed E-state index contributed by atoms with van der Waals surface area (Å²) in [6, 6.07) is 0. The molecule has 8 atom stereocenters. The largest absolute Gasteiger partial charge is 0.472 e. The highest BCUT2D eigenvalue weighted by molar-refractivity contribution is 7.47. The lowest BCUT2D eigenvalue weighted by molar-refractivity contribution is -0.220. The molecule has 0 aromatic heterocycles. The molecule has 6 unspecified atom stereocenters. The Kier molecular flexibility index (Phi) is 35.0. The number of phosphoric ester groups is 1. The molecule has 1 saturated carbocycles. The van der Waals surface area contributed by atoms with Crippen LogP contribution in [0.2, 0.25) is 0 Å². The number of esters is 2. The molecule has 0 heterocycles. The first kappa shape index (κ1) is 57.1. The van der Waals surface area contributed by atoms with Gasteiger partial charge in [0.05, 0.1) is 6.61 Å². The van der Waals surface area contributed by atoms with Gasteiger partial charge < -0.3 is 39.9 Å². The summed E-state index contributed by atoms with van der Waals surface area (Å²) < 4.78 is 33.4.